The van der Waals surface area contributed by atoms with E-state index in [2.05, 4.69) is 61.3 Å². The maximum atomic E-state index is 9.88. The molecule has 168 valence electrons. The summed E-state index contributed by atoms with van der Waals surface area (Å²) >= 11 is 0. The zero-order valence-corrected chi connectivity index (χ0v) is 19.5. The van der Waals surface area contributed by atoms with Gasteiger partial charge in [0.25, 0.3) is 0 Å². The molecule has 32 heavy (non-hydrogen) atoms. The Morgan fingerprint density at radius 2 is 1.72 bits per heavy atom. The molecule has 4 nitrogen and oxygen atoms in total. The molecule has 1 saturated carbocycles. The zero-order valence-electron chi connectivity index (χ0n) is 19.5. The molecule has 2 aromatic carbocycles. The van der Waals surface area contributed by atoms with Crippen molar-refractivity contribution in [2.45, 2.75) is 65.1 Å². The van der Waals surface area contributed by atoms with Gasteiger partial charge in [0.15, 0.2) is 0 Å². The molecular weight excluding hydrogens is 398 g/mol. The molecular formula is C28H33NO3. The Labute approximate surface area is 191 Å². The van der Waals surface area contributed by atoms with Crippen LogP contribution < -0.4 is 9.47 Å². The Hall–Kier alpha value is -2.85. The molecule has 0 radical (unpaired) electrons. The molecule has 1 heterocycles. The van der Waals surface area contributed by atoms with Crippen LogP contribution in [0.3, 0.4) is 0 Å². The minimum atomic E-state index is -0.720. The predicted molar refractivity (Wildman–Crippen MR) is 128 cm³/mol. The molecule has 1 aromatic heterocycles. The number of ether oxygens (including phenoxy) is 2. The summed E-state index contributed by atoms with van der Waals surface area (Å²) in [5, 5.41) is 9.88. The molecule has 0 unspecified atom stereocenters. The minimum Gasteiger partial charge on any atom is -0.493 e. The lowest BCUT2D eigenvalue weighted by atomic mass is 9.94. The molecule has 4 heteroatoms. The van der Waals surface area contributed by atoms with Crippen molar-refractivity contribution in [3.63, 3.8) is 0 Å². The van der Waals surface area contributed by atoms with Gasteiger partial charge in [-0.05, 0) is 98.7 Å². The first kappa shape index (κ1) is 22.3. The smallest absolute Gasteiger partial charge is 0.138 e. The van der Waals surface area contributed by atoms with Crippen molar-refractivity contribution >= 4 is 0 Å². The summed E-state index contributed by atoms with van der Waals surface area (Å²) in [6.45, 7) is 8.82. The van der Waals surface area contributed by atoms with Crippen LogP contribution in [-0.2, 0) is 6.61 Å². The molecule has 1 aliphatic rings. The highest BCUT2D eigenvalue weighted by Crippen LogP contribution is 2.39. The van der Waals surface area contributed by atoms with Gasteiger partial charge in [0.05, 0.1) is 18.4 Å². The monoisotopic (exact) mass is 431 g/mol. The number of benzene rings is 2. The maximum Gasteiger partial charge on any atom is 0.138 e. The molecule has 0 atom stereocenters. The van der Waals surface area contributed by atoms with Gasteiger partial charge < -0.3 is 14.6 Å². The van der Waals surface area contributed by atoms with E-state index in [1.807, 2.05) is 12.3 Å². The van der Waals surface area contributed by atoms with Crippen LogP contribution in [0, 0.1) is 13.8 Å². The molecule has 0 bridgehead atoms. The van der Waals surface area contributed by atoms with Gasteiger partial charge in [-0.2, -0.15) is 0 Å². The summed E-state index contributed by atoms with van der Waals surface area (Å²) in [6, 6.07) is 16.8. The van der Waals surface area contributed by atoms with Crippen LogP contribution in [-0.4, -0.2) is 22.3 Å². The average molecular weight is 432 g/mol. The van der Waals surface area contributed by atoms with Crippen molar-refractivity contribution in [3.8, 4) is 22.6 Å². The van der Waals surface area contributed by atoms with E-state index in [4.69, 9.17) is 9.47 Å². The molecule has 0 aliphatic heterocycles. The van der Waals surface area contributed by atoms with E-state index < -0.39 is 5.60 Å². The third-order valence-electron chi connectivity index (χ3n) is 5.86. The van der Waals surface area contributed by atoms with Crippen molar-refractivity contribution in [2.24, 2.45) is 0 Å². The highest BCUT2D eigenvalue weighted by atomic mass is 16.5. The minimum absolute atomic E-state index is 0.491. The molecule has 3 aromatic rings. The van der Waals surface area contributed by atoms with E-state index in [9.17, 15) is 5.11 Å². The Bertz CT molecular complexity index is 1040. The molecule has 0 saturated heterocycles. The number of rotatable bonds is 9. The molecule has 0 amide bonds. The zero-order chi connectivity index (χ0) is 22.7. The fourth-order valence-electron chi connectivity index (χ4n) is 3.96. The highest BCUT2D eigenvalue weighted by molar-refractivity contribution is 5.72. The Balaban J connectivity index is 1.43. The number of aromatic nitrogens is 1. The highest BCUT2D eigenvalue weighted by Gasteiger charge is 2.24. The summed E-state index contributed by atoms with van der Waals surface area (Å²) in [5.74, 6) is 2.31. The van der Waals surface area contributed by atoms with Crippen LogP contribution in [0.5, 0.6) is 11.5 Å². The summed E-state index contributed by atoms with van der Waals surface area (Å²) in [6.07, 6.45) is 4.94. The first-order chi connectivity index (χ1) is 15.3. The van der Waals surface area contributed by atoms with Gasteiger partial charge in [0.2, 0.25) is 0 Å². The third-order valence-corrected chi connectivity index (χ3v) is 5.86. The second kappa shape index (κ2) is 9.33. The summed E-state index contributed by atoms with van der Waals surface area (Å²) in [5.41, 5.74) is 6.31. The van der Waals surface area contributed by atoms with Gasteiger partial charge in [-0.25, -0.2) is 0 Å². The molecule has 0 spiro atoms. The van der Waals surface area contributed by atoms with Gasteiger partial charge in [-0.15, -0.1) is 0 Å². The van der Waals surface area contributed by atoms with E-state index in [0.29, 0.717) is 25.6 Å². The van der Waals surface area contributed by atoms with Crippen molar-refractivity contribution in [1.82, 2.24) is 4.98 Å². The average Bonchev–Trinajstić information content (AvgIpc) is 3.57. The second-order valence-corrected chi connectivity index (χ2v) is 9.53. The van der Waals surface area contributed by atoms with Crippen LogP contribution in [0.4, 0.5) is 0 Å². The van der Waals surface area contributed by atoms with Crippen molar-refractivity contribution in [3.05, 3.63) is 77.1 Å². The van der Waals surface area contributed by atoms with Gasteiger partial charge in [-0.3, -0.25) is 4.98 Å². The lowest BCUT2D eigenvalue weighted by molar-refractivity contribution is 0.0553. The Kier molecular flexibility index (Phi) is 6.52. The predicted octanol–water partition coefficient (Wildman–Crippen LogP) is 6.36. The second-order valence-electron chi connectivity index (χ2n) is 9.53. The normalized spacial score (nSPS) is 13.8. The van der Waals surface area contributed by atoms with Crippen molar-refractivity contribution in [2.75, 3.05) is 6.61 Å². The van der Waals surface area contributed by atoms with Crippen LogP contribution in [0.2, 0.25) is 0 Å². The van der Waals surface area contributed by atoms with Crippen molar-refractivity contribution < 1.29 is 14.6 Å². The Morgan fingerprint density at radius 3 is 2.34 bits per heavy atom. The van der Waals surface area contributed by atoms with E-state index >= 15 is 0 Å². The van der Waals surface area contributed by atoms with E-state index in [-0.39, 0.29) is 0 Å². The first-order valence-electron chi connectivity index (χ1n) is 11.4. The topological polar surface area (TPSA) is 51.6 Å². The summed E-state index contributed by atoms with van der Waals surface area (Å²) in [4.78, 5) is 4.53. The summed E-state index contributed by atoms with van der Waals surface area (Å²) in [7, 11) is 0. The number of aliphatic hydroxyl groups is 1. The van der Waals surface area contributed by atoms with Gasteiger partial charge in [0.1, 0.15) is 18.1 Å². The third kappa shape index (κ3) is 5.89. The summed E-state index contributed by atoms with van der Waals surface area (Å²) < 4.78 is 11.9. The quantitative estimate of drug-likeness (QED) is 0.428. The molecule has 1 fully saturated rings. The number of pyridine rings is 1. The van der Waals surface area contributed by atoms with Crippen LogP contribution >= 0.6 is 0 Å². The van der Waals surface area contributed by atoms with Crippen LogP contribution in [0.1, 0.15) is 61.4 Å². The maximum absolute atomic E-state index is 9.88. The van der Waals surface area contributed by atoms with E-state index in [1.165, 1.54) is 40.8 Å². The van der Waals surface area contributed by atoms with Crippen LogP contribution in [0.25, 0.3) is 11.1 Å². The standard InChI is InChI=1S/C28H33NO3/c1-19-14-25(31-13-12-28(3,4)30)15-20(2)27(19)23-7-5-6-21(16-23)18-32-24-10-11-26(29-17-24)22-8-9-22/h5-7,10-11,14-17,22,30H,8-9,12-13,18H2,1-4H3. The fraction of sp³-hybridized carbons (Fsp3) is 0.393. The molecule has 4 rings (SSSR count). The lowest BCUT2D eigenvalue weighted by Gasteiger charge is -2.18. The fourth-order valence-corrected chi connectivity index (χ4v) is 3.96. The largest absolute Gasteiger partial charge is 0.493 e. The van der Waals surface area contributed by atoms with Gasteiger partial charge >= 0.3 is 0 Å². The number of hydrogen-bond donors (Lipinski definition) is 1. The first-order valence-corrected chi connectivity index (χ1v) is 11.4. The van der Waals surface area contributed by atoms with Gasteiger partial charge in [0, 0.05) is 18.0 Å². The lowest BCUT2D eigenvalue weighted by Crippen LogP contribution is -2.21. The molecule has 1 aliphatic carbocycles. The SMILES string of the molecule is Cc1cc(OCCC(C)(C)O)cc(C)c1-c1cccc(COc2ccc(C3CC3)nc2)c1. The van der Waals surface area contributed by atoms with Gasteiger partial charge in [-0.1, -0.05) is 18.2 Å². The van der Waals surface area contributed by atoms with Crippen LogP contribution in [0.15, 0.2) is 54.7 Å². The van der Waals surface area contributed by atoms with E-state index in [1.54, 1.807) is 13.8 Å². The Morgan fingerprint density at radius 1 is 0.969 bits per heavy atom. The molecule has 1 N–H and O–H groups in total. The van der Waals surface area contributed by atoms with E-state index in [0.717, 1.165) is 17.1 Å². The number of hydrogen-bond acceptors (Lipinski definition) is 4. The number of nitrogens with zero attached hydrogens (tertiary/aromatic N) is 1. The number of aryl methyl sites for hydroxylation is 2. The van der Waals surface area contributed by atoms with Crippen molar-refractivity contribution in [1.29, 1.82) is 0 Å².